The van der Waals surface area contributed by atoms with E-state index in [9.17, 15) is 8.42 Å². The Morgan fingerprint density at radius 3 is 2.77 bits per heavy atom. The van der Waals surface area contributed by atoms with Gasteiger partial charge in [0.05, 0.1) is 36.7 Å². The summed E-state index contributed by atoms with van der Waals surface area (Å²) < 4.78 is 32.9. The average molecular weight is 442 g/mol. The van der Waals surface area contributed by atoms with Crippen LogP contribution in [-0.4, -0.2) is 58.7 Å². The van der Waals surface area contributed by atoms with E-state index in [0.29, 0.717) is 25.6 Å². The Morgan fingerprint density at radius 2 is 2.00 bits per heavy atom. The maximum atomic E-state index is 12.9. The Balaban J connectivity index is 1.65. The number of benzene rings is 1. The molecule has 2 aromatic heterocycles. The third-order valence-corrected chi connectivity index (χ3v) is 8.33. The molecular formula is C22H27N5O3S. The molecule has 1 atom stereocenters. The lowest BCUT2D eigenvalue weighted by atomic mass is 10.1. The van der Waals surface area contributed by atoms with Gasteiger partial charge in [0.15, 0.2) is 5.82 Å². The van der Waals surface area contributed by atoms with Crippen LogP contribution in [0.15, 0.2) is 30.5 Å². The Morgan fingerprint density at radius 1 is 1.19 bits per heavy atom. The van der Waals surface area contributed by atoms with E-state index in [-0.39, 0.29) is 12.6 Å². The minimum absolute atomic E-state index is 0.152. The van der Waals surface area contributed by atoms with Crippen LogP contribution in [-0.2, 0) is 27.8 Å². The van der Waals surface area contributed by atoms with Crippen LogP contribution in [0.25, 0.3) is 22.3 Å². The number of morpholine rings is 1. The van der Waals surface area contributed by atoms with Crippen molar-refractivity contribution in [3.05, 3.63) is 41.7 Å². The van der Waals surface area contributed by atoms with Crippen molar-refractivity contribution in [3.8, 4) is 11.4 Å². The molecule has 0 radical (unpaired) electrons. The molecule has 1 fully saturated rings. The molecule has 0 amide bonds. The Hall–Kier alpha value is -2.49. The van der Waals surface area contributed by atoms with Crippen molar-refractivity contribution in [1.29, 1.82) is 0 Å². The van der Waals surface area contributed by atoms with Crippen LogP contribution in [0.3, 0.4) is 0 Å². The summed E-state index contributed by atoms with van der Waals surface area (Å²) in [4.78, 5) is 15.4. The van der Waals surface area contributed by atoms with Gasteiger partial charge in [-0.25, -0.2) is 18.4 Å². The second kappa shape index (κ2) is 7.58. The van der Waals surface area contributed by atoms with Crippen molar-refractivity contribution in [2.75, 3.05) is 24.7 Å². The summed E-state index contributed by atoms with van der Waals surface area (Å²) in [6.45, 7) is 8.09. The highest BCUT2D eigenvalue weighted by atomic mass is 32.2. The van der Waals surface area contributed by atoms with Gasteiger partial charge in [-0.15, -0.1) is 0 Å². The number of anilines is 1. The second-order valence-corrected chi connectivity index (χ2v) is 11.0. The fraction of sp³-hybridized carbons (Fsp3) is 0.455. The van der Waals surface area contributed by atoms with Gasteiger partial charge in [0.25, 0.3) is 0 Å². The number of nitrogens with zero attached hydrogens (tertiary/aromatic N) is 4. The monoisotopic (exact) mass is 441 g/mol. The van der Waals surface area contributed by atoms with Crippen molar-refractivity contribution in [3.63, 3.8) is 0 Å². The summed E-state index contributed by atoms with van der Waals surface area (Å²) in [7, 11) is -3.39. The van der Waals surface area contributed by atoms with E-state index < -0.39 is 15.3 Å². The van der Waals surface area contributed by atoms with Crippen LogP contribution in [0.4, 0.5) is 5.82 Å². The van der Waals surface area contributed by atoms with Crippen molar-refractivity contribution in [2.45, 2.75) is 45.2 Å². The van der Waals surface area contributed by atoms with Gasteiger partial charge in [-0.2, -0.15) is 4.31 Å². The maximum absolute atomic E-state index is 12.9. The quantitative estimate of drug-likeness (QED) is 0.669. The Bertz CT molecular complexity index is 1240. The summed E-state index contributed by atoms with van der Waals surface area (Å²) >= 11 is 0. The van der Waals surface area contributed by atoms with Gasteiger partial charge in [-0.3, -0.25) is 0 Å². The van der Waals surface area contributed by atoms with Crippen LogP contribution in [0.5, 0.6) is 0 Å². The number of sulfonamides is 1. The largest absolute Gasteiger partial charge is 0.377 e. The molecule has 31 heavy (non-hydrogen) atoms. The molecule has 0 bridgehead atoms. The minimum atomic E-state index is -3.39. The number of rotatable bonds is 4. The fourth-order valence-corrected chi connectivity index (χ4v) is 5.55. The smallest absolute Gasteiger partial charge is 0.217 e. The van der Waals surface area contributed by atoms with Crippen molar-refractivity contribution in [2.24, 2.45) is 0 Å². The predicted molar refractivity (Wildman–Crippen MR) is 120 cm³/mol. The third-order valence-electron chi connectivity index (χ3n) is 6.16. The molecule has 5 rings (SSSR count). The highest BCUT2D eigenvalue weighted by Gasteiger charge is 2.37. The predicted octanol–water partition coefficient (Wildman–Crippen LogP) is 2.90. The lowest BCUT2D eigenvalue weighted by Gasteiger charge is -2.35. The van der Waals surface area contributed by atoms with Gasteiger partial charge in [-0.05, 0) is 26.8 Å². The summed E-state index contributed by atoms with van der Waals surface area (Å²) in [5, 5.41) is 0.571. The maximum Gasteiger partial charge on any atom is 0.217 e. The number of aromatic amines is 1. The molecule has 0 aliphatic carbocycles. The highest BCUT2D eigenvalue weighted by Crippen LogP contribution is 2.36. The first kappa shape index (κ1) is 20.4. The van der Waals surface area contributed by atoms with Gasteiger partial charge in [0.1, 0.15) is 5.82 Å². The van der Waals surface area contributed by atoms with Crippen LogP contribution in [0, 0.1) is 0 Å². The molecule has 0 unspecified atom stereocenters. The van der Waals surface area contributed by atoms with E-state index >= 15 is 0 Å². The van der Waals surface area contributed by atoms with Gasteiger partial charge >= 0.3 is 0 Å². The molecule has 1 saturated heterocycles. The molecule has 2 aliphatic rings. The summed E-state index contributed by atoms with van der Waals surface area (Å²) in [6, 6.07) is 8.20. The second-order valence-electron chi connectivity index (χ2n) is 8.52. The number of ether oxygens (including phenoxy) is 1. The van der Waals surface area contributed by atoms with Crippen LogP contribution < -0.4 is 4.90 Å². The molecule has 0 saturated carbocycles. The van der Waals surface area contributed by atoms with Crippen LogP contribution >= 0.6 is 0 Å². The summed E-state index contributed by atoms with van der Waals surface area (Å²) in [6.07, 6.45) is 1.93. The molecule has 0 spiro atoms. The zero-order chi connectivity index (χ0) is 21.8. The lowest BCUT2D eigenvalue weighted by Crippen LogP contribution is -2.44. The molecule has 1 aromatic carbocycles. The van der Waals surface area contributed by atoms with E-state index in [2.05, 4.69) is 16.8 Å². The normalized spacial score (nSPS) is 20.0. The molecule has 164 valence electrons. The zero-order valence-electron chi connectivity index (χ0n) is 18.0. The number of hydrogen-bond acceptors (Lipinski definition) is 6. The Labute approximate surface area is 182 Å². The molecule has 2 aliphatic heterocycles. The van der Waals surface area contributed by atoms with Crippen LogP contribution in [0.2, 0.25) is 0 Å². The van der Waals surface area contributed by atoms with Crippen molar-refractivity contribution >= 4 is 26.7 Å². The zero-order valence-corrected chi connectivity index (χ0v) is 18.8. The fourth-order valence-electron chi connectivity index (χ4n) is 4.34. The molecule has 8 nitrogen and oxygen atoms in total. The number of hydrogen-bond donors (Lipinski definition) is 1. The molecule has 4 heterocycles. The van der Waals surface area contributed by atoms with Gasteiger partial charge in [-0.1, -0.05) is 18.2 Å². The molecular weight excluding hydrogens is 414 g/mol. The lowest BCUT2D eigenvalue weighted by molar-refractivity contribution is 0.0984. The number of aromatic nitrogens is 3. The number of H-pyrrole nitrogens is 1. The standard InChI is InChI=1S/C22H27N5O3S/c1-14(2)31(28,29)26-11-18-20(12-26)24-21(17-10-23-19-7-5-4-6-16(17)19)25-22(18)27-8-9-30-13-15(27)3/h4-7,10,14-15,23H,8-9,11-13H2,1-3H3/t15-/m1/s1. The summed E-state index contributed by atoms with van der Waals surface area (Å²) in [5.74, 6) is 1.44. The van der Waals surface area contributed by atoms with E-state index in [1.54, 1.807) is 13.8 Å². The molecule has 3 aromatic rings. The summed E-state index contributed by atoms with van der Waals surface area (Å²) in [5.41, 5.74) is 3.63. The van der Waals surface area contributed by atoms with Gasteiger partial charge in [0.2, 0.25) is 10.0 Å². The minimum Gasteiger partial charge on any atom is -0.377 e. The number of nitrogens with one attached hydrogen (secondary N) is 1. The SMILES string of the molecule is CC(C)S(=O)(=O)N1Cc2nc(-c3c[nH]c4ccccc34)nc(N3CCOC[C@H]3C)c2C1. The first-order valence-corrected chi connectivity index (χ1v) is 12.2. The topological polar surface area (TPSA) is 91.4 Å². The first-order valence-electron chi connectivity index (χ1n) is 10.7. The van der Waals surface area contributed by atoms with E-state index in [0.717, 1.165) is 40.1 Å². The van der Waals surface area contributed by atoms with E-state index in [1.807, 2.05) is 30.5 Å². The first-order chi connectivity index (χ1) is 14.9. The Kier molecular flexibility index (Phi) is 4.99. The molecule has 9 heteroatoms. The molecule has 1 N–H and O–H groups in total. The van der Waals surface area contributed by atoms with Crippen molar-refractivity contribution < 1.29 is 13.2 Å². The van der Waals surface area contributed by atoms with Crippen molar-refractivity contribution in [1.82, 2.24) is 19.3 Å². The van der Waals surface area contributed by atoms with Gasteiger partial charge < -0.3 is 14.6 Å². The van der Waals surface area contributed by atoms with E-state index in [4.69, 9.17) is 14.7 Å². The highest BCUT2D eigenvalue weighted by molar-refractivity contribution is 7.89. The van der Waals surface area contributed by atoms with E-state index in [1.165, 1.54) is 4.31 Å². The van der Waals surface area contributed by atoms with Crippen LogP contribution in [0.1, 0.15) is 32.0 Å². The number of fused-ring (bicyclic) bond motifs is 2. The third kappa shape index (κ3) is 3.40. The van der Waals surface area contributed by atoms with Gasteiger partial charge in [0, 0.05) is 41.3 Å². The average Bonchev–Trinajstić information content (AvgIpc) is 3.38. The number of para-hydroxylation sites is 1.